The number of halogens is 1. The number of esters is 1. The lowest BCUT2D eigenvalue weighted by Crippen LogP contribution is -2.09. The van der Waals surface area contributed by atoms with Crippen molar-refractivity contribution in [3.63, 3.8) is 0 Å². The molecule has 2 aromatic carbocycles. The number of carbonyl (C=O) groups excluding carboxylic acids is 2. The van der Waals surface area contributed by atoms with E-state index in [0.29, 0.717) is 19.3 Å². The molecule has 1 aliphatic rings. The summed E-state index contributed by atoms with van der Waals surface area (Å²) in [5, 5.41) is 11.1. The molecule has 4 nitrogen and oxygen atoms in total. The van der Waals surface area contributed by atoms with E-state index in [4.69, 9.17) is 0 Å². The maximum atomic E-state index is 13.5. The minimum absolute atomic E-state index is 0.128. The first kappa shape index (κ1) is 22.0. The number of ether oxygens (including phenoxy) is 1. The average Bonchev–Trinajstić information content (AvgIpc) is 3.12. The predicted molar refractivity (Wildman–Crippen MR) is 114 cm³/mol. The van der Waals surface area contributed by atoms with Crippen LogP contribution in [0.1, 0.15) is 82.6 Å². The predicted octanol–water partition coefficient (Wildman–Crippen LogP) is 5.53. The molecule has 5 heteroatoms. The molecular weight excluding hydrogens is 383 g/mol. The summed E-state index contributed by atoms with van der Waals surface area (Å²) in [7, 11) is 1.39. The zero-order valence-electron chi connectivity index (χ0n) is 17.9. The van der Waals surface area contributed by atoms with Crippen LogP contribution in [-0.4, -0.2) is 24.0 Å². The van der Waals surface area contributed by atoms with Crippen LogP contribution in [0.5, 0.6) is 5.75 Å². The van der Waals surface area contributed by atoms with Gasteiger partial charge in [-0.1, -0.05) is 25.0 Å². The Morgan fingerprint density at radius 3 is 2.47 bits per heavy atom. The van der Waals surface area contributed by atoms with Gasteiger partial charge in [0.2, 0.25) is 0 Å². The van der Waals surface area contributed by atoms with Crippen molar-refractivity contribution in [2.75, 3.05) is 7.11 Å². The Balaban J connectivity index is 1.95. The summed E-state index contributed by atoms with van der Waals surface area (Å²) in [6, 6.07) is 6.38. The molecule has 0 unspecified atom stereocenters. The lowest BCUT2D eigenvalue weighted by atomic mass is 9.80. The van der Waals surface area contributed by atoms with Gasteiger partial charge in [0.15, 0.2) is 5.78 Å². The minimum Gasteiger partial charge on any atom is -0.507 e. The zero-order chi connectivity index (χ0) is 21.8. The van der Waals surface area contributed by atoms with Crippen molar-refractivity contribution in [3.05, 3.63) is 63.5 Å². The van der Waals surface area contributed by atoms with Gasteiger partial charge in [0.05, 0.1) is 7.11 Å². The summed E-state index contributed by atoms with van der Waals surface area (Å²) >= 11 is 0. The molecule has 0 amide bonds. The third-order valence-corrected chi connectivity index (χ3v) is 6.28. The van der Waals surface area contributed by atoms with Crippen LogP contribution in [0, 0.1) is 19.7 Å². The molecule has 1 N–H and O–H groups in total. The number of hydrogen-bond donors (Lipinski definition) is 1. The lowest BCUT2D eigenvalue weighted by molar-refractivity contribution is -0.140. The van der Waals surface area contributed by atoms with Gasteiger partial charge < -0.3 is 9.84 Å². The van der Waals surface area contributed by atoms with E-state index in [1.54, 1.807) is 12.1 Å². The molecule has 0 bridgehead atoms. The first-order valence-corrected chi connectivity index (χ1v) is 10.6. The fraction of sp³-hybridized carbons (Fsp3) is 0.440. The van der Waals surface area contributed by atoms with E-state index in [1.807, 2.05) is 13.8 Å². The van der Waals surface area contributed by atoms with Crippen molar-refractivity contribution in [1.82, 2.24) is 0 Å². The van der Waals surface area contributed by atoms with Gasteiger partial charge in [0, 0.05) is 29.9 Å². The molecule has 0 aromatic heterocycles. The highest BCUT2D eigenvalue weighted by molar-refractivity contribution is 6.03. The Kier molecular flexibility index (Phi) is 6.91. The second-order valence-electron chi connectivity index (χ2n) is 8.07. The maximum absolute atomic E-state index is 13.5. The van der Waals surface area contributed by atoms with E-state index in [2.05, 4.69) is 4.74 Å². The van der Waals surface area contributed by atoms with Crippen LogP contribution in [0.25, 0.3) is 0 Å². The van der Waals surface area contributed by atoms with Crippen LogP contribution in [-0.2, 0) is 16.0 Å². The number of ketones is 1. The SMILES string of the molecule is COC(=O)CCCCC[C@@H](c1ccc(F)cc1)c1c(O)c(C)c(C)c2c1CCC2=O. The van der Waals surface area contributed by atoms with Crippen molar-refractivity contribution >= 4 is 11.8 Å². The van der Waals surface area contributed by atoms with Crippen LogP contribution in [0.3, 0.4) is 0 Å². The first-order chi connectivity index (χ1) is 14.3. The standard InChI is InChI=1S/C25H29FO4/c1-15-16(2)25(29)24(20-13-14-21(27)23(15)20)19(17-9-11-18(26)12-10-17)7-5-4-6-8-22(28)30-3/h9-12,19,29H,4-8,13-14H2,1-3H3/t19-/m0/s1. The van der Waals surface area contributed by atoms with Gasteiger partial charge in [-0.05, 0) is 67.5 Å². The van der Waals surface area contributed by atoms with Crippen LogP contribution in [0.2, 0.25) is 0 Å². The smallest absolute Gasteiger partial charge is 0.305 e. The van der Waals surface area contributed by atoms with Crippen LogP contribution >= 0.6 is 0 Å². The molecule has 0 saturated carbocycles. The van der Waals surface area contributed by atoms with E-state index in [1.165, 1.54) is 19.2 Å². The Labute approximate surface area is 177 Å². The number of Topliss-reactive ketones (excluding diaryl/α,β-unsaturated/α-hetero) is 1. The molecule has 0 heterocycles. The fourth-order valence-electron chi connectivity index (χ4n) is 4.52. The highest BCUT2D eigenvalue weighted by Gasteiger charge is 2.32. The van der Waals surface area contributed by atoms with Gasteiger partial charge >= 0.3 is 5.97 Å². The number of phenols is 1. The summed E-state index contributed by atoms with van der Waals surface area (Å²) < 4.78 is 18.2. The van der Waals surface area contributed by atoms with Crippen LogP contribution in [0.4, 0.5) is 4.39 Å². The van der Waals surface area contributed by atoms with Gasteiger partial charge in [0.1, 0.15) is 11.6 Å². The number of phenolic OH excluding ortho intramolecular Hbond substituents is 1. The molecule has 0 radical (unpaired) electrons. The van der Waals surface area contributed by atoms with Crippen molar-refractivity contribution in [3.8, 4) is 5.75 Å². The van der Waals surface area contributed by atoms with Crippen molar-refractivity contribution < 1.29 is 23.8 Å². The van der Waals surface area contributed by atoms with Crippen LogP contribution < -0.4 is 0 Å². The Morgan fingerprint density at radius 1 is 1.10 bits per heavy atom. The van der Waals surface area contributed by atoms with Gasteiger partial charge in [-0.3, -0.25) is 9.59 Å². The molecule has 0 saturated heterocycles. The number of rotatable bonds is 8. The van der Waals surface area contributed by atoms with Crippen LogP contribution in [0.15, 0.2) is 24.3 Å². The number of aromatic hydroxyl groups is 1. The minimum atomic E-state index is -0.305. The zero-order valence-corrected chi connectivity index (χ0v) is 17.9. The highest BCUT2D eigenvalue weighted by Crippen LogP contribution is 2.45. The van der Waals surface area contributed by atoms with E-state index < -0.39 is 0 Å². The highest BCUT2D eigenvalue weighted by atomic mass is 19.1. The third-order valence-electron chi connectivity index (χ3n) is 6.28. The topological polar surface area (TPSA) is 63.6 Å². The molecule has 30 heavy (non-hydrogen) atoms. The molecule has 160 valence electrons. The lowest BCUT2D eigenvalue weighted by Gasteiger charge is -2.24. The van der Waals surface area contributed by atoms with E-state index in [-0.39, 0.29) is 29.2 Å². The van der Waals surface area contributed by atoms with Gasteiger partial charge in [-0.15, -0.1) is 0 Å². The maximum Gasteiger partial charge on any atom is 0.305 e. The Morgan fingerprint density at radius 2 is 1.80 bits per heavy atom. The van der Waals surface area contributed by atoms with Gasteiger partial charge in [0.25, 0.3) is 0 Å². The van der Waals surface area contributed by atoms with E-state index in [9.17, 15) is 19.1 Å². The molecule has 0 fully saturated rings. The normalized spacial score (nSPS) is 13.9. The molecule has 1 aliphatic carbocycles. The molecule has 0 aliphatic heterocycles. The second-order valence-corrected chi connectivity index (χ2v) is 8.07. The molecular formula is C25H29FO4. The number of fused-ring (bicyclic) bond motifs is 1. The summed E-state index contributed by atoms with van der Waals surface area (Å²) in [4.78, 5) is 23.9. The Bertz CT molecular complexity index is 947. The van der Waals surface area contributed by atoms with E-state index >= 15 is 0 Å². The largest absolute Gasteiger partial charge is 0.507 e. The quantitative estimate of drug-likeness (QED) is 0.457. The Hall–Kier alpha value is -2.69. The number of hydrogen-bond acceptors (Lipinski definition) is 4. The summed E-state index contributed by atoms with van der Waals surface area (Å²) in [6.45, 7) is 3.73. The number of unbranched alkanes of at least 4 members (excludes halogenated alkanes) is 2. The molecule has 0 spiro atoms. The first-order valence-electron chi connectivity index (χ1n) is 10.6. The summed E-state index contributed by atoms with van der Waals surface area (Å²) in [5.41, 5.74) is 4.99. The number of carbonyl (C=O) groups is 2. The molecule has 1 atom stereocenters. The second kappa shape index (κ2) is 9.41. The fourth-order valence-corrected chi connectivity index (χ4v) is 4.52. The number of methoxy groups -OCH3 is 1. The van der Waals surface area contributed by atoms with Crippen molar-refractivity contribution in [2.24, 2.45) is 0 Å². The van der Waals surface area contributed by atoms with Crippen molar-refractivity contribution in [2.45, 2.75) is 64.7 Å². The van der Waals surface area contributed by atoms with Gasteiger partial charge in [-0.25, -0.2) is 4.39 Å². The molecule has 2 aromatic rings. The number of benzene rings is 2. The summed E-state index contributed by atoms with van der Waals surface area (Å²) in [5.74, 6) is -0.288. The third kappa shape index (κ3) is 4.40. The molecule has 3 rings (SSSR count). The van der Waals surface area contributed by atoms with Gasteiger partial charge in [-0.2, -0.15) is 0 Å². The average molecular weight is 413 g/mol. The summed E-state index contributed by atoms with van der Waals surface area (Å²) in [6.07, 6.45) is 4.63. The van der Waals surface area contributed by atoms with E-state index in [0.717, 1.165) is 59.1 Å². The monoisotopic (exact) mass is 412 g/mol. The van der Waals surface area contributed by atoms with Crippen molar-refractivity contribution in [1.29, 1.82) is 0 Å².